The first kappa shape index (κ1) is 13.9. The van der Waals surface area contributed by atoms with Gasteiger partial charge in [-0.15, -0.1) is 0 Å². The van der Waals surface area contributed by atoms with E-state index in [0.29, 0.717) is 5.82 Å². The topological polar surface area (TPSA) is 75.1 Å². The van der Waals surface area contributed by atoms with Crippen molar-refractivity contribution in [2.45, 2.75) is 20.4 Å². The van der Waals surface area contributed by atoms with E-state index in [1.807, 2.05) is 19.9 Å². The zero-order chi connectivity index (χ0) is 14.7. The Hall–Kier alpha value is -2.50. The molecule has 5 nitrogen and oxygen atoms in total. The van der Waals surface area contributed by atoms with Gasteiger partial charge in [0.25, 0.3) is 5.91 Å². The molecular formula is C14H14FN3O2. The number of nitrogens with one attached hydrogen (secondary N) is 1. The summed E-state index contributed by atoms with van der Waals surface area (Å²) in [6, 6.07) is 5.12. The van der Waals surface area contributed by atoms with E-state index in [4.69, 9.17) is 0 Å². The Bertz CT molecular complexity index is 639. The molecule has 2 N–H and O–H groups in total. The number of amides is 1. The van der Waals surface area contributed by atoms with Gasteiger partial charge in [0, 0.05) is 11.4 Å². The molecule has 1 aromatic heterocycles. The molecule has 0 atom stereocenters. The number of hydrogen-bond acceptors (Lipinski definition) is 4. The van der Waals surface area contributed by atoms with E-state index in [9.17, 15) is 14.3 Å². The minimum Gasteiger partial charge on any atom is -0.508 e. The third-order valence-corrected chi connectivity index (χ3v) is 2.63. The zero-order valence-electron chi connectivity index (χ0n) is 11.1. The molecule has 0 saturated heterocycles. The van der Waals surface area contributed by atoms with Gasteiger partial charge in [-0.1, -0.05) is 0 Å². The Morgan fingerprint density at radius 3 is 2.55 bits per heavy atom. The van der Waals surface area contributed by atoms with Crippen molar-refractivity contribution in [2.75, 3.05) is 0 Å². The summed E-state index contributed by atoms with van der Waals surface area (Å²) in [5.74, 6) is -1.03. The molecule has 20 heavy (non-hydrogen) atoms. The van der Waals surface area contributed by atoms with E-state index < -0.39 is 11.7 Å². The van der Waals surface area contributed by atoms with E-state index in [-0.39, 0.29) is 17.9 Å². The van der Waals surface area contributed by atoms with Crippen LogP contribution in [0.2, 0.25) is 0 Å². The maximum atomic E-state index is 13.5. The summed E-state index contributed by atoms with van der Waals surface area (Å²) < 4.78 is 13.5. The van der Waals surface area contributed by atoms with E-state index >= 15 is 0 Å². The average molecular weight is 275 g/mol. The lowest BCUT2D eigenvalue weighted by Crippen LogP contribution is -2.25. The highest BCUT2D eigenvalue weighted by Gasteiger charge is 2.12. The average Bonchev–Trinajstić information content (AvgIpc) is 2.38. The summed E-state index contributed by atoms with van der Waals surface area (Å²) in [4.78, 5) is 20.2. The smallest absolute Gasteiger partial charge is 0.254 e. The molecule has 0 saturated carbocycles. The number of carbonyl (C=O) groups excluding carboxylic acids is 1. The number of carbonyl (C=O) groups is 1. The largest absolute Gasteiger partial charge is 0.508 e. The molecule has 0 aliphatic carbocycles. The summed E-state index contributed by atoms with van der Waals surface area (Å²) in [5, 5.41) is 11.8. The first-order valence-corrected chi connectivity index (χ1v) is 6.03. The van der Waals surface area contributed by atoms with Crippen LogP contribution in [0, 0.1) is 19.7 Å². The molecule has 2 rings (SSSR count). The van der Waals surface area contributed by atoms with Crippen LogP contribution in [0.3, 0.4) is 0 Å². The van der Waals surface area contributed by atoms with Crippen LogP contribution in [-0.2, 0) is 6.54 Å². The van der Waals surface area contributed by atoms with Crippen molar-refractivity contribution in [1.29, 1.82) is 0 Å². The summed E-state index contributed by atoms with van der Waals surface area (Å²) in [7, 11) is 0. The van der Waals surface area contributed by atoms with Gasteiger partial charge in [-0.3, -0.25) is 4.79 Å². The van der Waals surface area contributed by atoms with Gasteiger partial charge in [0.1, 0.15) is 17.4 Å². The SMILES string of the molecule is Cc1cc(C)nc(CNC(=O)c2cc(O)ccc2F)n1. The Kier molecular flexibility index (Phi) is 3.93. The number of halogens is 1. The molecular weight excluding hydrogens is 261 g/mol. The number of aromatic hydroxyl groups is 1. The zero-order valence-corrected chi connectivity index (χ0v) is 11.1. The van der Waals surface area contributed by atoms with Gasteiger partial charge in [-0.05, 0) is 38.1 Å². The second-order valence-corrected chi connectivity index (χ2v) is 4.41. The van der Waals surface area contributed by atoms with Gasteiger partial charge >= 0.3 is 0 Å². The van der Waals surface area contributed by atoms with Crippen LogP contribution in [-0.4, -0.2) is 21.0 Å². The number of aromatic nitrogens is 2. The molecule has 0 aliphatic heterocycles. The summed E-state index contributed by atoms with van der Waals surface area (Å²) in [6.45, 7) is 3.75. The highest BCUT2D eigenvalue weighted by molar-refractivity contribution is 5.94. The van der Waals surface area contributed by atoms with Crippen molar-refractivity contribution in [1.82, 2.24) is 15.3 Å². The molecule has 0 radical (unpaired) electrons. The second kappa shape index (κ2) is 5.64. The maximum absolute atomic E-state index is 13.5. The predicted octanol–water partition coefficient (Wildman–Crippen LogP) is 1.87. The van der Waals surface area contributed by atoms with Gasteiger partial charge in [-0.25, -0.2) is 14.4 Å². The van der Waals surface area contributed by atoms with E-state index in [0.717, 1.165) is 23.5 Å². The van der Waals surface area contributed by atoms with Crippen molar-refractivity contribution in [3.05, 3.63) is 52.9 Å². The highest BCUT2D eigenvalue weighted by Crippen LogP contribution is 2.15. The number of rotatable bonds is 3. The first-order chi connectivity index (χ1) is 9.45. The summed E-state index contributed by atoms with van der Waals surface area (Å²) in [5.41, 5.74) is 1.38. The molecule has 1 amide bonds. The normalized spacial score (nSPS) is 10.3. The fourth-order valence-electron chi connectivity index (χ4n) is 1.82. The van der Waals surface area contributed by atoms with Crippen LogP contribution in [0.25, 0.3) is 0 Å². The fourth-order valence-corrected chi connectivity index (χ4v) is 1.82. The Morgan fingerprint density at radius 1 is 1.25 bits per heavy atom. The first-order valence-electron chi connectivity index (χ1n) is 6.03. The lowest BCUT2D eigenvalue weighted by Gasteiger charge is -2.07. The Balaban J connectivity index is 2.10. The van der Waals surface area contributed by atoms with Crippen molar-refractivity contribution < 1.29 is 14.3 Å². The van der Waals surface area contributed by atoms with Gasteiger partial charge in [0.15, 0.2) is 0 Å². The van der Waals surface area contributed by atoms with Crippen LogP contribution >= 0.6 is 0 Å². The van der Waals surface area contributed by atoms with E-state index in [1.165, 1.54) is 6.07 Å². The van der Waals surface area contributed by atoms with Gasteiger partial charge < -0.3 is 10.4 Å². The molecule has 6 heteroatoms. The number of aryl methyl sites for hydroxylation is 2. The Morgan fingerprint density at radius 2 is 1.90 bits per heavy atom. The third-order valence-electron chi connectivity index (χ3n) is 2.63. The molecule has 0 spiro atoms. The highest BCUT2D eigenvalue weighted by atomic mass is 19.1. The number of phenols is 1. The summed E-state index contributed by atoms with van der Waals surface area (Å²) in [6.07, 6.45) is 0. The van der Waals surface area contributed by atoms with Crippen molar-refractivity contribution in [3.63, 3.8) is 0 Å². The maximum Gasteiger partial charge on any atom is 0.254 e. The minimum atomic E-state index is -0.693. The van der Waals surface area contributed by atoms with Crippen LogP contribution in [0.5, 0.6) is 5.75 Å². The van der Waals surface area contributed by atoms with E-state index in [1.54, 1.807) is 0 Å². The molecule has 1 aromatic carbocycles. The van der Waals surface area contributed by atoms with E-state index in [2.05, 4.69) is 15.3 Å². The molecule has 104 valence electrons. The summed E-state index contributed by atoms with van der Waals surface area (Å²) >= 11 is 0. The van der Waals surface area contributed by atoms with Crippen LogP contribution < -0.4 is 5.32 Å². The minimum absolute atomic E-state index is 0.0937. The van der Waals surface area contributed by atoms with Crippen LogP contribution in [0.1, 0.15) is 27.6 Å². The quantitative estimate of drug-likeness (QED) is 0.896. The van der Waals surface area contributed by atoms with Crippen molar-refractivity contribution in [2.24, 2.45) is 0 Å². The standard InChI is InChI=1S/C14H14FN3O2/c1-8-5-9(2)18-13(17-8)7-16-14(20)11-6-10(19)3-4-12(11)15/h3-6,19H,7H2,1-2H3,(H,16,20). The lowest BCUT2D eigenvalue weighted by atomic mass is 10.2. The fraction of sp³-hybridized carbons (Fsp3) is 0.214. The number of hydrogen-bond donors (Lipinski definition) is 2. The molecule has 0 fully saturated rings. The molecule has 2 aromatic rings. The monoisotopic (exact) mass is 275 g/mol. The van der Waals surface area contributed by atoms with Crippen LogP contribution in [0.4, 0.5) is 4.39 Å². The van der Waals surface area contributed by atoms with Gasteiger partial charge in [-0.2, -0.15) is 0 Å². The third kappa shape index (κ3) is 3.28. The van der Waals surface area contributed by atoms with Crippen molar-refractivity contribution >= 4 is 5.91 Å². The Labute approximate surface area is 115 Å². The number of benzene rings is 1. The lowest BCUT2D eigenvalue weighted by molar-refractivity contribution is 0.0945. The number of nitrogens with zero attached hydrogens (tertiary/aromatic N) is 2. The van der Waals surface area contributed by atoms with Gasteiger partial charge in [0.2, 0.25) is 0 Å². The number of phenolic OH excluding ortho intramolecular Hbond substituents is 1. The van der Waals surface area contributed by atoms with Crippen LogP contribution in [0.15, 0.2) is 24.3 Å². The molecule has 1 heterocycles. The second-order valence-electron chi connectivity index (χ2n) is 4.41. The molecule has 0 aliphatic rings. The van der Waals surface area contributed by atoms with Crippen molar-refractivity contribution in [3.8, 4) is 5.75 Å². The molecule has 0 unspecified atom stereocenters. The predicted molar refractivity (Wildman–Crippen MR) is 70.7 cm³/mol. The molecule has 0 bridgehead atoms. The van der Waals surface area contributed by atoms with Gasteiger partial charge in [0.05, 0.1) is 12.1 Å².